The van der Waals surface area contributed by atoms with Crippen molar-refractivity contribution in [1.82, 2.24) is 0 Å². The minimum atomic E-state index is -0.805. The highest BCUT2D eigenvalue weighted by Gasteiger charge is 2.19. The first kappa shape index (κ1) is 72.0. The number of carbonyl (C=O) groups excluding carboxylic acids is 3. The highest BCUT2D eigenvalue weighted by atomic mass is 16.6. The molecule has 0 saturated carbocycles. The lowest BCUT2D eigenvalue weighted by Crippen LogP contribution is -2.30. The Morgan fingerprint density at radius 1 is 0.273 bits per heavy atom. The molecule has 0 fully saturated rings. The van der Waals surface area contributed by atoms with Crippen molar-refractivity contribution in [3.63, 3.8) is 0 Å². The molecule has 0 aliphatic carbocycles. The third kappa shape index (κ3) is 61.8. The van der Waals surface area contributed by atoms with Gasteiger partial charge in [0, 0.05) is 19.3 Å². The summed E-state index contributed by atoms with van der Waals surface area (Å²) < 4.78 is 16.8. The van der Waals surface area contributed by atoms with Crippen LogP contribution in [0.1, 0.15) is 252 Å². The predicted octanol–water partition coefficient (Wildman–Crippen LogP) is 21.3. The first-order valence-electron chi connectivity index (χ1n) is 31.0. The van der Waals surface area contributed by atoms with Gasteiger partial charge in [0.15, 0.2) is 6.10 Å². The number of unbranched alkanes of at least 4 members (excludes halogenated alkanes) is 17. The summed E-state index contributed by atoms with van der Waals surface area (Å²) >= 11 is 0. The second kappa shape index (κ2) is 63.6. The normalized spacial score (nSPS) is 13.2. The summed E-state index contributed by atoms with van der Waals surface area (Å²) in [5.41, 5.74) is 0. The molecule has 432 valence electrons. The predicted molar refractivity (Wildman–Crippen MR) is 334 cm³/mol. The number of esters is 3. The van der Waals surface area contributed by atoms with E-state index < -0.39 is 6.10 Å². The summed E-state index contributed by atoms with van der Waals surface area (Å²) in [7, 11) is 0. The van der Waals surface area contributed by atoms with Crippen molar-refractivity contribution in [2.24, 2.45) is 0 Å². The lowest BCUT2D eigenvalue weighted by atomic mass is 10.1. The molecule has 0 saturated heterocycles. The van der Waals surface area contributed by atoms with Crippen LogP contribution in [0.15, 0.2) is 158 Å². The Kier molecular flexibility index (Phi) is 59.5. The molecule has 1 unspecified atom stereocenters. The molecular formula is C71H112O6. The first-order chi connectivity index (χ1) is 38.0. The topological polar surface area (TPSA) is 78.9 Å². The van der Waals surface area contributed by atoms with Crippen LogP contribution < -0.4 is 0 Å². The smallest absolute Gasteiger partial charge is 0.306 e. The number of hydrogen-bond donors (Lipinski definition) is 0. The van der Waals surface area contributed by atoms with Crippen LogP contribution in [0.25, 0.3) is 0 Å². The van der Waals surface area contributed by atoms with Gasteiger partial charge in [-0.3, -0.25) is 14.4 Å². The van der Waals surface area contributed by atoms with Crippen molar-refractivity contribution in [2.45, 2.75) is 258 Å². The summed E-state index contributed by atoms with van der Waals surface area (Å²) in [6, 6.07) is 0. The molecule has 1 atom stereocenters. The van der Waals surface area contributed by atoms with Gasteiger partial charge in [-0.1, -0.05) is 262 Å². The number of ether oxygens (including phenoxy) is 3. The van der Waals surface area contributed by atoms with Gasteiger partial charge in [0.25, 0.3) is 0 Å². The van der Waals surface area contributed by atoms with Crippen molar-refractivity contribution in [3.8, 4) is 0 Å². The molecular weight excluding hydrogens is 949 g/mol. The Morgan fingerprint density at radius 2 is 0.506 bits per heavy atom. The van der Waals surface area contributed by atoms with Crippen LogP contribution in [0.3, 0.4) is 0 Å². The van der Waals surface area contributed by atoms with E-state index in [1.807, 2.05) is 0 Å². The zero-order valence-corrected chi connectivity index (χ0v) is 49.4. The molecule has 0 amide bonds. The second-order valence-electron chi connectivity index (χ2n) is 19.9. The molecule has 0 aromatic heterocycles. The number of hydrogen-bond acceptors (Lipinski definition) is 6. The summed E-state index contributed by atoms with van der Waals surface area (Å²) in [6.45, 7) is 6.34. The number of rotatable bonds is 54. The maximum atomic E-state index is 12.9. The van der Waals surface area contributed by atoms with Crippen LogP contribution in [0.2, 0.25) is 0 Å². The first-order valence-corrected chi connectivity index (χ1v) is 31.0. The van der Waals surface area contributed by atoms with Gasteiger partial charge in [0.1, 0.15) is 13.2 Å². The Labute approximate surface area is 473 Å². The van der Waals surface area contributed by atoms with Crippen molar-refractivity contribution in [2.75, 3.05) is 13.2 Å². The Bertz CT molecular complexity index is 1740. The van der Waals surface area contributed by atoms with E-state index in [1.165, 1.54) is 38.5 Å². The summed E-state index contributed by atoms with van der Waals surface area (Å²) in [5.74, 6) is -0.953. The van der Waals surface area contributed by atoms with E-state index in [9.17, 15) is 14.4 Å². The largest absolute Gasteiger partial charge is 0.462 e. The van der Waals surface area contributed by atoms with E-state index in [0.29, 0.717) is 19.3 Å². The Hall–Kier alpha value is -4.97. The van der Waals surface area contributed by atoms with Gasteiger partial charge in [-0.25, -0.2) is 0 Å². The number of carbonyl (C=O) groups is 3. The highest BCUT2D eigenvalue weighted by molar-refractivity contribution is 5.71. The van der Waals surface area contributed by atoms with Gasteiger partial charge in [0.05, 0.1) is 0 Å². The molecule has 0 aliphatic rings. The summed E-state index contributed by atoms with van der Waals surface area (Å²) in [5, 5.41) is 0. The van der Waals surface area contributed by atoms with Crippen LogP contribution >= 0.6 is 0 Å². The van der Waals surface area contributed by atoms with Gasteiger partial charge in [-0.05, 0) is 128 Å². The van der Waals surface area contributed by atoms with E-state index in [0.717, 1.165) is 173 Å². The van der Waals surface area contributed by atoms with Crippen molar-refractivity contribution in [1.29, 1.82) is 0 Å². The monoisotopic (exact) mass is 1060 g/mol. The van der Waals surface area contributed by atoms with E-state index in [4.69, 9.17) is 14.2 Å². The summed E-state index contributed by atoms with van der Waals surface area (Å²) in [6.07, 6.45) is 92.5. The molecule has 6 nitrogen and oxygen atoms in total. The Balaban J connectivity index is 4.37. The highest BCUT2D eigenvalue weighted by Crippen LogP contribution is 2.14. The molecule has 0 bridgehead atoms. The van der Waals surface area contributed by atoms with Crippen LogP contribution in [0, 0.1) is 0 Å². The molecule has 0 heterocycles. The molecule has 6 heteroatoms. The van der Waals surface area contributed by atoms with E-state index in [1.54, 1.807) is 0 Å². The van der Waals surface area contributed by atoms with E-state index in [-0.39, 0.29) is 31.1 Å². The van der Waals surface area contributed by atoms with Crippen LogP contribution in [0.4, 0.5) is 0 Å². The molecule has 0 aromatic carbocycles. The third-order valence-electron chi connectivity index (χ3n) is 12.5. The molecule has 0 spiro atoms. The molecule has 0 rings (SSSR count). The fraction of sp³-hybridized carbons (Fsp3) is 0.592. The van der Waals surface area contributed by atoms with Gasteiger partial charge in [-0.2, -0.15) is 0 Å². The summed E-state index contributed by atoms with van der Waals surface area (Å²) in [4.78, 5) is 38.2. The van der Waals surface area contributed by atoms with Gasteiger partial charge >= 0.3 is 17.9 Å². The average Bonchev–Trinajstić information content (AvgIpc) is 3.43. The second-order valence-corrected chi connectivity index (χ2v) is 19.9. The zero-order valence-electron chi connectivity index (χ0n) is 49.4. The third-order valence-corrected chi connectivity index (χ3v) is 12.5. The lowest BCUT2D eigenvalue weighted by molar-refractivity contribution is -0.167. The van der Waals surface area contributed by atoms with Gasteiger partial charge in [0.2, 0.25) is 0 Å². The lowest BCUT2D eigenvalue weighted by Gasteiger charge is -2.18. The van der Waals surface area contributed by atoms with Crippen LogP contribution in [-0.4, -0.2) is 37.2 Å². The fourth-order valence-corrected chi connectivity index (χ4v) is 7.95. The fourth-order valence-electron chi connectivity index (χ4n) is 7.95. The minimum Gasteiger partial charge on any atom is -0.462 e. The van der Waals surface area contributed by atoms with Crippen molar-refractivity contribution >= 4 is 17.9 Å². The van der Waals surface area contributed by atoms with E-state index >= 15 is 0 Å². The maximum absolute atomic E-state index is 12.9. The SMILES string of the molecule is CC/C=C\C/C=C\C/C=C\C/C=C\C/C=C\C/C=C\C/C=C\C/C=C\CCCCCCC(=O)OCC(COC(=O)CCCCCCCCCCC)OC(=O)CCCCCCC/C=C\C/C=C\C/C=C\C/C=C\C/C=C\CC. The van der Waals surface area contributed by atoms with Crippen LogP contribution in [0.5, 0.6) is 0 Å². The number of allylic oxidation sites excluding steroid dienone is 26. The molecule has 0 aliphatic heterocycles. The van der Waals surface area contributed by atoms with Gasteiger partial charge < -0.3 is 14.2 Å². The molecule has 0 N–H and O–H groups in total. The quantitative estimate of drug-likeness (QED) is 0.0261. The Morgan fingerprint density at radius 3 is 0.792 bits per heavy atom. The zero-order chi connectivity index (χ0) is 55.7. The molecule has 0 radical (unpaired) electrons. The average molecular weight is 1060 g/mol. The molecule has 0 aromatic rings. The maximum Gasteiger partial charge on any atom is 0.306 e. The minimum absolute atomic E-state index is 0.0993. The molecule has 77 heavy (non-hydrogen) atoms. The van der Waals surface area contributed by atoms with Crippen molar-refractivity contribution in [3.05, 3.63) is 158 Å². The van der Waals surface area contributed by atoms with Gasteiger partial charge in [-0.15, -0.1) is 0 Å². The van der Waals surface area contributed by atoms with Crippen LogP contribution in [-0.2, 0) is 28.6 Å². The van der Waals surface area contributed by atoms with E-state index in [2.05, 4.69) is 179 Å². The van der Waals surface area contributed by atoms with Crippen molar-refractivity contribution < 1.29 is 28.6 Å². The standard InChI is InChI=1S/C71H112O6/c1-4-7-10-13-16-19-21-23-25-27-29-31-32-33-34-35-36-37-38-40-41-43-45-47-49-52-55-58-61-64-70(73)76-67-68(66-75-69(72)63-60-57-54-51-18-15-12-9-6-3)77-71(74)65-62-59-56-53-50-48-46-44-42-39-30-28-26-24-22-20-17-14-11-8-5-2/h7-8,10-11,16-17,19-20,23-26,29-31,33-34,36-37,39-41,44-47,68H,4-6,9,12-15,18,21-22,27-28,32,35,38,42-43,48-67H2,1-3H3/b10-7-,11-8-,19-16-,20-17-,25-23-,26-24-,31-29-,34-33-,37-36-,39-30-,41-40-,46-44-,47-45-.